The van der Waals surface area contributed by atoms with Gasteiger partial charge in [-0.3, -0.25) is 14.6 Å². The maximum absolute atomic E-state index is 12.9. The predicted molar refractivity (Wildman–Crippen MR) is 132 cm³/mol. The summed E-state index contributed by atoms with van der Waals surface area (Å²) < 4.78 is 0. The zero-order chi connectivity index (χ0) is 23.4. The maximum atomic E-state index is 12.9. The fraction of sp³-hybridized carbons (Fsp3) is 0.280. The number of rotatable bonds is 5. The molecular weight excluding hydrogens is 416 g/mol. The molecule has 0 spiro atoms. The molecule has 8 heteroatoms. The van der Waals surface area contributed by atoms with Crippen LogP contribution >= 0.6 is 0 Å². The highest BCUT2D eigenvalue weighted by Crippen LogP contribution is 2.19. The molecule has 0 radical (unpaired) electrons. The van der Waals surface area contributed by atoms with Crippen molar-refractivity contribution in [1.29, 1.82) is 0 Å². The minimum absolute atomic E-state index is 0.00647. The summed E-state index contributed by atoms with van der Waals surface area (Å²) in [5.41, 5.74) is 2.31. The van der Waals surface area contributed by atoms with Gasteiger partial charge in [-0.15, -0.1) is 0 Å². The van der Waals surface area contributed by atoms with Crippen molar-refractivity contribution in [2.75, 3.05) is 27.2 Å². The zero-order valence-electron chi connectivity index (χ0n) is 18.9. The van der Waals surface area contributed by atoms with Crippen molar-refractivity contribution in [2.24, 2.45) is 15.9 Å². The Hall–Kier alpha value is -3.78. The number of pyridine rings is 1. The van der Waals surface area contributed by atoms with E-state index in [0.717, 1.165) is 36.8 Å². The SMILES string of the molecule is CN1CCC(N(C)C(=O)c2ccc(N=CC(=NN)c3cc4ccccc4[nH]c3=O)cc2)CC1. The molecule has 3 aromatic rings. The van der Waals surface area contributed by atoms with Crippen molar-refractivity contribution >= 4 is 34.4 Å². The maximum Gasteiger partial charge on any atom is 0.258 e. The van der Waals surface area contributed by atoms with Gasteiger partial charge in [0.05, 0.1) is 17.5 Å². The number of hydrogen-bond donors (Lipinski definition) is 2. The number of H-pyrrole nitrogens is 1. The number of nitrogens with two attached hydrogens (primary N) is 1. The lowest BCUT2D eigenvalue weighted by atomic mass is 10.0. The van der Waals surface area contributed by atoms with Crippen molar-refractivity contribution in [2.45, 2.75) is 18.9 Å². The average molecular weight is 445 g/mol. The van der Waals surface area contributed by atoms with E-state index in [9.17, 15) is 9.59 Å². The Morgan fingerprint density at radius 2 is 1.85 bits per heavy atom. The van der Waals surface area contributed by atoms with Crippen molar-refractivity contribution in [3.63, 3.8) is 0 Å². The molecule has 1 aliphatic heterocycles. The third-order valence-corrected chi connectivity index (χ3v) is 6.17. The van der Waals surface area contributed by atoms with Crippen molar-refractivity contribution < 1.29 is 4.79 Å². The third kappa shape index (κ3) is 5.01. The van der Waals surface area contributed by atoms with Crippen LogP contribution in [0.2, 0.25) is 0 Å². The van der Waals surface area contributed by atoms with Gasteiger partial charge in [0, 0.05) is 24.2 Å². The Bertz CT molecular complexity index is 1250. The number of likely N-dealkylation sites (tertiary alicyclic amines) is 1. The number of benzene rings is 2. The van der Waals surface area contributed by atoms with Gasteiger partial charge in [0.15, 0.2) is 0 Å². The van der Waals surface area contributed by atoms with Crippen LogP contribution in [0.4, 0.5) is 5.69 Å². The molecule has 8 nitrogen and oxygen atoms in total. The van der Waals surface area contributed by atoms with Crippen LogP contribution in [0.5, 0.6) is 0 Å². The second-order valence-corrected chi connectivity index (χ2v) is 8.37. The highest BCUT2D eigenvalue weighted by Gasteiger charge is 2.24. The van der Waals surface area contributed by atoms with Gasteiger partial charge in [-0.1, -0.05) is 18.2 Å². The standard InChI is InChI=1S/C25H28N6O2/c1-30-13-11-20(12-14-30)31(2)25(33)17-7-9-19(10-8-17)27-16-23(29-26)21-15-18-5-3-4-6-22(18)28-24(21)32/h3-10,15-16,20H,11-14,26H2,1-2H3,(H,28,32). The number of para-hydroxylation sites is 1. The molecular formula is C25H28N6O2. The highest BCUT2D eigenvalue weighted by molar-refractivity contribution is 6.38. The van der Waals surface area contributed by atoms with Crippen LogP contribution in [0.15, 0.2) is 69.5 Å². The number of piperidine rings is 1. The number of carbonyl (C=O) groups excluding carboxylic acids is 1. The first kappa shape index (κ1) is 22.4. The summed E-state index contributed by atoms with van der Waals surface area (Å²) in [5.74, 6) is 5.56. The molecule has 0 unspecified atom stereocenters. The molecule has 0 atom stereocenters. The number of hydrogen-bond acceptors (Lipinski definition) is 6. The summed E-state index contributed by atoms with van der Waals surface area (Å²) in [5, 5.41) is 4.62. The van der Waals surface area contributed by atoms with Crippen molar-refractivity contribution in [3.8, 4) is 0 Å². The molecule has 0 bridgehead atoms. The molecule has 170 valence electrons. The van der Waals surface area contributed by atoms with Gasteiger partial charge in [-0.05, 0) is 74.8 Å². The first-order valence-corrected chi connectivity index (χ1v) is 11.0. The van der Waals surface area contributed by atoms with E-state index in [2.05, 4.69) is 27.0 Å². The minimum Gasteiger partial charge on any atom is -0.339 e. The van der Waals surface area contributed by atoms with E-state index in [1.54, 1.807) is 30.3 Å². The van der Waals surface area contributed by atoms with Gasteiger partial charge in [-0.25, -0.2) is 0 Å². The number of amides is 1. The molecule has 33 heavy (non-hydrogen) atoms. The van der Waals surface area contributed by atoms with E-state index < -0.39 is 0 Å². The fourth-order valence-corrected chi connectivity index (χ4v) is 4.09. The molecule has 1 amide bonds. The second kappa shape index (κ2) is 9.79. The summed E-state index contributed by atoms with van der Waals surface area (Å²) in [6, 6.07) is 16.6. The van der Waals surface area contributed by atoms with Crippen LogP contribution < -0.4 is 11.4 Å². The molecule has 3 N–H and O–H groups in total. The van der Waals surface area contributed by atoms with E-state index >= 15 is 0 Å². The van der Waals surface area contributed by atoms with Gasteiger partial charge in [-0.2, -0.15) is 5.10 Å². The lowest BCUT2D eigenvalue weighted by molar-refractivity contribution is 0.0659. The number of hydrazone groups is 1. The Balaban J connectivity index is 1.48. The first-order chi connectivity index (χ1) is 16.0. The van der Waals surface area contributed by atoms with Crippen LogP contribution in [0, 0.1) is 0 Å². The Kier molecular flexibility index (Phi) is 6.65. The molecule has 4 rings (SSSR count). The molecule has 0 aliphatic carbocycles. The Morgan fingerprint density at radius 3 is 2.55 bits per heavy atom. The quantitative estimate of drug-likeness (QED) is 0.358. The summed E-state index contributed by atoms with van der Waals surface area (Å²) in [6.45, 7) is 2.00. The third-order valence-electron chi connectivity index (χ3n) is 6.17. The number of aliphatic imine (C=N–C) groups is 1. The van der Waals surface area contributed by atoms with E-state index in [0.29, 0.717) is 16.8 Å². The number of nitrogens with one attached hydrogen (secondary N) is 1. The van der Waals surface area contributed by atoms with E-state index in [1.165, 1.54) is 6.21 Å². The molecule has 2 aromatic carbocycles. The smallest absolute Gasteiger partial charge is 0.258 e. The van der Waals surface area contributed by atoms with Crippen LogP contribution in [0.25, 0.3) is 10.9 Å². The first-order valence-electron chi connectivity index (χ1n) is 11.0. The van der Waals surface area contributed by atoms with Gasteiger partial charge in [0.25, 0.3) is 11.5 Å². The largest absolute Gasteiger partial charge is 0.339 e. The van der Waals surface area contributed by atoms with Gasteiger partial charge < -0.3 is 20.6 Å². The number of fused-ring (bicyclic) bond motifs is 1. The normalized spacial score (nSPS) is 15.9. The monoisotopic (exact) mass is 444 g/mol. The summed E-state index contributed by atoms with van der Waals surface area (Å²) >= 11 is 0. The Labute approximate surface area is 192 Å². The van der Waals surface area contributed by atoms with Crippen LogP contribution in [0.1, 0.15) is 28.8 Å². The van der Waals surface area contributed by atoms with Crippen molar-refractivity contribution in [1.82, 2.24) is 14.8 Å². The summed E-state index contributed by atoms with van der Waals surface area (Å²) in [4.78, 5) is 36.7. The van der Waals surface area contributed by atoms with Gasteiger partial charge >= 0.3 is 0 Å². The number of carbonyl (C=O) groups is 1. The number of nitrogens with zero attached hydrogens (tertiary/aromatic N) is 4. The fourth-order valence-electron chi connectivity index (χ4n) is 4.09. The number of aromatic amines is 1. The molecule has 2 heterocycles. The molecule has 1 aliphatic rings. The summed E-state index contributed by atoms with van der Waals surface area (Å²) in [7, 11) is 3.98. The van der Waals surface area contributed by atoms with Crippen LogP contribution in [-0.2, 0) is 0 Å². The molecule has 1 fully saturated rings. The van der Waals surface area contributed by atoms with Crippen LogP contribution in [0.3, 0.4) is 0 Å². The topological polar surface area (TPSA) is 107 Å². The lowest BCUT2D eigenvalue weighted by Crippen LogP contribution is -2.44. The van der Waals surface area contributed by atoms with Crippen LogP contribution in [-0.4, -0.2) is 65.8 Å². The molecule has 0 saturated carbocycles. The molecule has 1 saturated heterocycles. The minimum atomic E-state index is -0.290. The Morgan fingerprint density at radius 1 is 1.15 bits per heavy atom. The number of aromatic nitrogens is 1. The lowest BCUT2D eigenvalue weighted by Gasteiger charge is -2.35. The highest BCUT2D eigenvalue weighted by atomic mass is 16.2. The van der Waals surface area contributed by atoms with Gasteiger partial charge in [0.2, 0.25) is 0 Å². The zero-order valence-corrected chi connectivity index (χ0v) is 18.9. The summed E-state index contributed by atoms with van der Waals surface area (Å²) in [6.07, 6.45) is 3.42. The van der Waals surface area contributed by atoms with E-state index in [4.69, 9.17) is 5.84 Å². The second-order valence-electron chi connectivity index (χ2n) is 8.37. The predicted octanol–water partition coefficient (Wildman–Crippen LogP) is 2.76. The van der Waals surface area contributed by atoms with Crippen molar-refractivity contribution in [3.05, 3.63) is 76.1 Å². The van der Waals surface area contributed by atoms with Gasteiger partial charge in [0.1, 0.15) is 5.71 Å². The molecule has 1 aromatic heterocycles. The van der Waals surface area contributed by atoms with E-state index in [1.807, 2.05) is 36.2 Å². The van der Waals surface area contributed by atoms with E-state index in [-0.39, 0.29) is 23.2 Å². The average Bonchev–Trinajstić information content (AvgIpc) is 2.84.